The number of nitrogens with zero attached hydrogens (tertiary/aromatic N) is 4. The predicted octanol–water partition coefficient (Wildman–Crippen LogP) is 1.37. The van der Waals surface area contributed by atoms with Crippen molar-refractivity contribution in [2.45, 2.75) is 26.3 Å². The third kappa shape index (κ3) is 4.49. The second-order valence-corrected chi connectivity index (χ2v) is 5.23. The van der Waals surface area contributed by atoms with Crippen LogP contribution in [0.2, 0.25) is 0 Å². The maximum Gasteiger partial charge on any atom is 0.273 e. The summed E-state index contributed by atoms with van der Waals surface area (Å²) in [6.07, 6.45) is 0.657. The molecule has 0 fully saturated rings. The molecule has 0 radical (unpaired) electrons. The Morgan fingerprint density at radius 1 is 1.50 bits per heavy atom. The van der Waals surface area contributed by atoms with E-state index in [9.17, 15) is 14.9 Å². The van der Waals surface area contributed by atoms with E-state index in [2.05, 4.69) is 15.6 Å². The number of hydrogen-bond donors (Lipinski definition) is 2. The first-order valence-electron chi connectivity index (χ1n) is 7.11. The van der Waals surface area contributed by atoms with Gasteiger partial charge in [0.2, 0.25) is 0 Å². The molecule has 0 spiro atoms. The van der Waals surface area contributed by atoms with E-state index in [-0.39, 0.29) is 35.7 Å². The van der Waals surface area contributed by atoms with Gasteiger partial charge in [-0.3, -0.25) is 14.9 Å². The van der Waals surface area contributed by atoms with Crippen LogP contribution in [0.4, 0.5) is 5.69 Å². The minimum absolute atomic E-state index is 0. The molecule has 1 amide bonds. The van der Waals surface area contributed by atoms with Crippen LogP contribution >= 0.6 is 12.4 Å². The molecule has 1 unspecified atom stereocenters. The first-order valence-corrected chi connectivity index (χ1v) is 7.11. The summed E-state index contributed by atoms with van der Waals surface area (Å²) in [5, 5.41) is 21.3. The molecular weight excluding hydrogens is 336 g/mol. The molecular formula is C14H19ClN6O3. The van der Waals surface area contributed by atoms with Gasteiger partial charge in [-0.15, -0.1) is 17.5 Å². The van der Waals surface area contributed by atoms with Gasteiger partial charge in [0, 0.05) is 24.7 Å². The third-order valence-corrected chi connectivity index (χ3v) is 3.28. The van der Waals surface area contributed by atoms with Crippen LogP contribution in [0.5, 0.6) is 0 Å². The summed E-state index contributed by atoms with van der Waals surface area (Å²) in [7, 11) is 0. The highest BCUT2D eigenvalue weighted by atomic mass is 35.5. The Morgan fingerprint density at radius 2 is 2.21 bits per heavy atom. The van der Waals surface area contributed by atoms with Crippen LogP contribution in [0, 0.1) is 17.0 Å². The monoisotopic (exact) mass is 354 g/mol. The molecule has 0 bridgehead atoms. The number of benzene rings is 1. The molecule has 0 aliphatic carbocycles. The second kappa shape index (κ2) is 8.37. The lowest BCUT2D eigenvalue weighted by Crippen LogP contribution is -2.29. The van der Waals surface area contributed by atoms with Gasteiger partial charge >= 0.3 is 0 Å². The van der Waals surface area contributed by atoms with Gasteiger partial charge < -0.3 is 11.1 Å². The lowest BCUT2D eigenvalue weighted by molar-refractivity contribution is -0.384. The zero-order chi connectivity index (χ0) is 17.0. The van der Waals surface area contributed by atoms with Gasteiger partial charge in [0.1, 0.15) is 0 Å². The zero-order valence-corrected chi connectivity index (χ0v) is 14.1. The average Bonchev–Trinajstić information content (AvgIpc) is 2.88. The molecule has 1 aromatic carbocycles. The molecule has 9 nitrogen and oxygen atoms in total. The smallest absolute Gasteiger partial charge is 0.273 e. The van der Waals surface area contributed by atoms with Crippen LogP contribution in [0.3, 0.4) is 0 Å². The van der Waals surface area contributed by atoms with Crippen LogP contribution < -0.4 is 11.1 Å². The van der Waals surface area contributed by atoms with Crippen molar-refractivity contribution in [3.05, 3.63) is 45.8 Å². The number of nitro benzene ring substituents is 1. The van der Waals surface area contributed by atoms with E-state index in [1.165, 1.54) is 16.8 Å². The standard InChI is InChI=1S/C14H18N6O3.ClH/c1-9(15)6-7-16-14(21)13-10(2)19(18-17-13)11-4-3-5-12(8-11)20(22)23;/h3-5,8-9H,6-7,15H2,1-2H3,(H,16,21);1H. The predicted molar refractivity (Wildman–Crippen MR) is 90.6 cm³/mol. The van der Waals surface area contributed by atoms with Gasteiger partial charge in [-0.05, 0) is 26.3 Å². The maximum atomic E-state index is 12.1. The van der Waals surface area contributed by atoms with Crippen molar-refractivity contribution in [3.63, 3.8) is 0 Å². The summed E-state index contributed by atoms with van der Waals surface area (Å²) in [5.74, 6) is -0.347. The summed E-state index contributed by atoms with van der Waals surface area (Å²) in [6, 6.07) is 5.97. The molecule has 1 aromatic heterocycles. The molecule has 130 valence electrons. The van der Waals surface area contributed by atoms with Crippen LogP contribution in [0.25, 0.3) is 5.69 Å². The fraction of sp³-hybridized carbons (Fsp3) is 0.357. The zero-order valence-electron chi connectivity index (χ0n) is 13.3. The summed E-state index contributed by atoms with van der Waals surface area (Å²) in [4.78, 5) is 22.4. The van der Waals surface area contributed by atoms with Crippen LogP contribution in [-0.4, -0.2) is 38.4 Å². The van der Waals surface area contributed by atoms with Gasteiger partial charge in [0.15, 0.2) is 5.69 Å². The van der Waals surface area contributed by atoms with Crippen molar-refractivity contribution in [3.8, 4) is 5.69 Å². The van der Waals surface area contributed by atoms with Crippen molar-refractivity contribution < 1.29 is 9.72 Å². The normalized spacial score (nSPS) is 11.5. The van der Waals surface area contributed by atoms with E-state index >= 15 is 0 Å². The fourth-order valence-electron chi connectivity index (χ4n) is 2.02. The molecule has 1 heterocycles. The molecule has 10 heteroatoms. The molecule has 2 rings (SSSR count). The minimum Gasteiger partial charge on any atom is -0.351 e. The lowest BCUT2D eigenvalue weighted by Gasteiger charge is -2.06. The molecule has 0 saturated carbocycles. The molecule has 3 N–H and O–H groups in total. The van der Waals surface area contributed by atoms with Gasteiger partial charge in [0.05, 0.1) is 16.3 Å². The summed E-state index contributed by atoms with van der Waals surface area (Å²) in [6.45, 7) is 3.98. The number of nitrogens with one attached hydrogen (secondary N) is 1. The van der Waals surface area contributed by atoms with Gasteiger partial charge in [0.25, 0.3) is 11.6 Å². The van der Waals surface area contributed by atoms with E-state index < -0.39 is 4.92 Å². The topological polar surface area (TPSA) is 129 Å². The number of nitro groups is 1. The maximum absolute atomic E-state index is 12.1. The van der Waals surface area contributed by atoms with E-state index in [0.29, 0.717) is 24.3 Å². The quantitative estimate of drug-likeness (QED) is 0.595. The number of non-ortho nitro benzene ring substituents is 1. The van der Waals surface area contributed by atoms with E-state index in [4.69, 9.17) is 5.73 Å². The number of carbonyl (C=O) groups excluding carboxylic acids is 1. The van der Waals surface area contributed by atoms with Crippen LogP contribution in [0.15, 0.2) is 24.3 Å². The average molecular weight is 355 g/mol. The Balaban J connectivity index is 0.00000288. The summed E-state index contributed by atoms with van der Waals surface area (Å²) >= 11 is 0. The molecule has 0 saturated heterocycles. The van der Waals surface area contributed by atoms with Crippen molar-refractivity contribution in [2.75, 3.05) is 6.54 Å². The van der Waals surface area contributed by atoms with Crippen molar-refractivity contribution in [2.24, 2.45) is 5.73 Å². The first-order chi connectivity index (χ1) is 10.9. The number of carbonyl (C=O) groups is 1. The molecule has 2 aromatic rings. The number of nitrogens with two attached hydrogens (primary N) is 1. The van der Waals surface area contributed by atoms with E-state index in [0.717, 1.165) is 0 Å². The highest BCUT2D eigenvalue weighted by Gasteiger charge is 2.18. The Kier molecular flexibility index (Phi) is 6.81. The first kappa shape index (κ1) is 19.5. The second-order valence-electron chi connectivity index (χ2n) is 5.23. The van der Waals surface area contributed by atoms with Crippen molar-refractivity contribution >= 4 is 24.0 Å². The van der Waals surface area contributed by atoms with Crippen molar-refractivity contribution in [1.29, 1.82) is 0 Å². The molecule has 0 aliphatic heterocycles. The van der Waals surface area contributed by atoms with Crippen LogP contribution in [0.1, 0.15) is 29.5 Å². The largest absolute Gasteiger partial charge is 0.351 e. The Hall–Kier alpha value is -2.52. The van der Waals surface area contributed by atoms with E-state index in [1.54, 1.807) is 19.1 Å². The van der Waals surface area contributed by atoms with Gasteiger partial charge in [-0.1, -0.05) is 11.3 Å². The fourth-order valence-corrected chi connectivity index (χ4v) is 2.02. The van der Waals surface area contributed by atoms with Crippen molar-refractivity contribution in [1.82, 2.24) is 20.3 Å². The SMILES string of the molecule is Cc1c(C(=O)NCCC(C)N)nnn1-c1cccc([N+](=O)[O-])c1.Cl. The Bertz CT molecular complexity index is 731. The number of rotatable bonds is 6. The number of hydrogen-bond acceptors (Lipinski definition) is 6. The minimum atomic E-state index is -0.489. The van der Waals surface area contributed by atoms with E-state index in [1.807, 2.05) is 6.92 Å². The van der Waals surface area contributed by atoms with Crippen LogP contribution in [-0.2, 0) is 0 Å². The third-order valence-electron chi connectivity index (χ3n) is 3.28. The molecule has 0 aliphatic rings. The number of halogens is 1. The summed E-state index contributed by atoms with van der Waals surface area (Å²) in [5.41, 5.74) is 6.73. The summed E-state index contributed by atoms with van der Waals surface area (Å²) < 4.78 is 1.40. The molecule has 1 atom stereocenters. The highest BCUT2D eigenvalue weighted by Crippen LogP contribution is 2.18. The highest BCUT2D eigenvalue weighted by molar-refractivity contribution is 5.93. The lowest BCUT2D eigenvalue weighted by atomic mass is 10.2. The number of aromatic nitrogens is 3. The van der Waals surface area contributed by atoms with Gasteiger partial charge in [-0.25, -0.2) is 4.68 Å². The Morgan fingerprint density at radius 3 is 2.83 bits per heavy atom. The van der Waals surface area contributed by atoms with Gasteiger partial charge in [-0.2, -0.15) is 0 Å². The molecule has 24 heavy (non-hydrogen) atoms. The Labute approximate surface area is 144 Å². The number of amides is 1.